The largest absolute Gasteiger partial charge is 0.261 e. The van der Waals surface area contributed by atoms with Gasteiger partial charge in [0.25, 0.3) is 0 Å². The third kappa shape index (κ3) is 1.84. The molecule has 1 rings (SSSR count). The Bertz CT molecular complexity index is 253. The van der Waals surface area contributed by atoms with Gasteiger partial charge in [0, 0.05) is 11.9 Å². The molecule has 1 heteroatoms. The third-order valence-electron chi connectivity index (χ3n) is 2.26. The highest BCUT2D eigenvalue weighted by atomic mass is 14.7. The van der Waals surface area contributed by atoms with Crippen LogP contribution in [0, 0.1) is 0 Å². The lowest BCUT2D eigenvalue weighted by molar-refractivity contribution is 0.957. The zero-order valence-electron chi connectivity index (χ0n) is 8.22. The summed E-state index contributed by atoms with van der Waals surface area (Å²) in [5.74, 6) is 0. The van der Waals surface area contributed by atoms with Gasteiger partial charge >= 0.3 is 0 Å². The molecular weight excluding hydrogens is 146 g/mol. The van der Waals surface area contributed by atoms with Crippen molar-refractivity contribution in [3.63, 3.8) is 0 Å². The zero-order chi connectivity index (χ0) is 8.97. The monoisotopic (exact) mass is 163 g/mol. The first kappa shape index (κ1) is 9.24. The summed E-state index contributed by atoms with van der Waals surface area (Å²) in [4.78, 5) is 4.38. The summed E-state index contributed by atoms with van der Waals surface area (Å²) in [6, 6.07) is 2.23. The van der Waals surface area contributed by atoms with Crippen LogP contribution in [0.5, 0.6) is 0 Å². The molecule has 12 heavy (non-hydrogen) atoms. The van der Waals surface area contributed by atoms with E-state index in [1.54, 1.807) is 0 Å². The van der Waals surface area contributed by atoms with E-state index in [0.29, 0.717) is 0 Å². The summed E-state index contributed by atoms with van der Waals surface area (Å²) in [5, 5.41) is 0. The molecule has 0 spiro atoms. The zero-order valence-corrected chi connectivity index (χ0v) is 8.22. The minimum atomic E-state index is 1.04. The van der Waals surface area contributed by atoms with E-state index in [9.17, 15) is 0 Å². The summed E-state index contributed by atoms with van der Waals surface area (Å²) >= 11 is 0. The van der Waals surface area contributed by atoms with Crippen molar-refractivity contribution in [3.05, 3.63) is 29.1 Å². The molecule has 1 aromatic rings. The Balaban J connectivity index is 3.02. The molecule has 1 aromatic heterocycles. The number of pyridine rings is 1. The van der Waals surface area contributed by atoms with E-state index >= 15 is 0 Å². The first-order valence-corrected chi connectivity index (χ1v) is 4.78. The molecule has 1 heterocycles. The van der Waals surface area contributed by atoms with Crippen molar-refractivity contribution in [3.8, 4) is 0 Å². The van der Waals surface area contributed by atoms with E-state index in [4.69, 9.17) is 0 Å². The second-order valence-electron chi connectivity index (χ2n) is 3.01. The highest BCUT2D eigenvalue weighted by Crippen LogP contribution is 2.11. The van der Waals surface area contributed by atoms with Crippen molar-refractivity contribution in [1.82, 2.24) is 4.98 Å². The minimum Gasteiger partial charge on any atom is -0.261 e. The van der Waals surface area contributed by atoms with E-state index in [2.05, 4.69) is 31.8 Å². The van der Waals surface area contributed by atoms with Crippen LogP contribution in [-0.4, -0.2) is 4.98 Å². The van der Waals surface area contributed by atoms with Crippen molar-refractivity contribution in [1.29, 1.82) is 0 Å². The van der Waals surface area contributed by atoms with Gasteiger partial charge in [-0.25, -0.2) is 0 Å². The normalized spacial score (nSPS) is 10.2. The number of hydrogen-bond acceptors (Lipinski definition) is 1. The topological polar surface area (TPSA) is 12.9 Å². The fourth-order valence-electron chi connectivity index (χ4n) is 1.42. The fraction of sp³-hybridized carbons (Fsp3) is 0.545. The molecule has 66 valence electrons. The smallest absolute Gasteiger partial charge is 0.0403 e. The Morgan fingerprint density at radius 2 is 1.67 bits per heavy atom. The highest BCUT2D eigenvalue weighted by molar-refractivity contribution is 5.26. The molecule has 0 bridgehead atoms. The standard InChI is InChI=1S/C11H17N/c1-4-9-7-11(6-3)12-8-10(9)5-2/h7-8H,4-6H2,1-3H3. The van der Waals surface area contributed by atoms with Gasteiger partial charge in [0.1, 0.15) is 0 Å². The fourth-order valence-corrected chi connectivity index (χ4v) is 1.42. The van der Waals surface area contributed by atoms with Crippen molar-refractivity contribution >= 4 is 0 Å². The lowest BCUT2D eigenvalue weighted by Gasteiger charge is -2.06. The van der Waals surface area contributed by atoms with Crippen LogP contribution in [0.1, 0.15) is 37.6 Å². The SMILES string of the molecule is CCc1cc(CC)c(CC)cn1. The predicted octanol–water partition coefficient (Wildman–Crippen LogP) is 2.77. The first-order chi connectivity index (χ1) is 5.81. The van der Waals surface area contributed by atoms with Crippen molar-refractivity contribution in [2.45, 2.75) is 40.0 Å². The van der Waals surface area contributed by atoms with Crippen LogP contribution in [0.15, 0.2) is 12.3 Å². The van der Waals surface area contributed by atoms with Crippen LogP contribution >= 0.6 is 0 Å². The van der Waals surface area contributed by atoms with Crippen molar-refractivity contribution < 1.29 is 0 Å². The average Bonchev–Trinajstić information content (AvgIpc) is 2.16. The number of hydrogen-bond donors (Lipinski definition) is 0. The number of nitrogens with zero attached hydrogens (tertiary/aromatic N) is 1. The molecule has 0 unspecified atom stereocenters. The summed E-state index contributed by atoms with van der Waals surface area (Å²) < 4.78 is 0. The second-order valence-corrected chi connectivity index (χ2v) is 3.01. The van der Waals surface area contributed by atoms with Gasteiger partial charge in [0.15, 0.2) is 0 Å². The molecule has 0 aliphatic heterocycles. The molecule has 0 saturated carbocycles. The second kappa shape index (κ2) is 4.24. The van der Waals surface area contributed by atoms with Crippen molar-refractivity contribution in [2.75, 3.05) is 0 Å². The van der Waals surface area contributed by atoms with Gasteiger partial charge in [-0.15, -0.1) is 0 Å². The molecule has 0 amide bonds. The Kier molecular flexibility index (Phi) is 3.27. The van der Waals surface area contributed by atoms with E-state index < -0.39 is 0 Å². The van der Waals surface area contributed by atoms with Crippen LogP contribution in [-0.2, 0) is 19.3 Å². The molecule has 0 aliphatic rings. The van der Waals surface area contributed by atoms with Gasteiger partial charge in [0.05, 0.1) is 0 Å². The molecule has 0 aromatic carbocycles. The first-order valence-electron chi connectivity index (χ1n) is 4.78. The molecular formula is C11H17N. The number of aryl methyl sites for hydroxylation is 3. The Morgan fingerprint density at radius 3 is 2.17 bits per heavy atom. The van der Waals surface area contributed by atoms with Gasteiger partial charge in [0.2, 0.25) is 0 Å². The molecule has 1 nitrogen and oxygen atoms in total. The summed E-state index contributed by atoms with van der Waals surface area (Å²) in [6.07, 6.45) is 5.29. The minimum absolute atomic E-state index is 1.04. The Labute approximate surface area is 74.8 Å². The molecule has 0 saturated heterocycles. The van der Waals surface area contributed by atoms with E-state index in [-0.39, 0.29) is 0 Å². The van der Waals surface area contributed by atoms with Crippen LogP contribution in [0.4, 0.5) is 0 Å². The third-order valence-corrected chi connectivity index (χ3v) is 2.26. The molecule has 0 radical (unpaired) electrons. The molecule has 0 fully saturated rings. The predicted molar refractivity (Wildman–Crippen MR) is 52.4 cm³/mol. The van der Waals surface area contributed by atoms with Gasteiger partial charge in [-0.1, -0.05) is 20.8 Å². The number of rotatable bonds is 3. The van der Waals surface area contributed by atoms with E-state index in [1.807, 2.05) is 6.20 Å². The quantitative estimate of drug-likeness (QED) is 0.667. The Hall–Kier alpha value is -0.850. The maximum Gasteiger partial charge on any atom is 0.0403 e. The summed E-state index contributed by atoms with van der Waals surface area (Å²) in [6.45, 7) is 6.53. The molecule has 0 N–H and O–H groups in total. The van der Waals surface area contributed by atoms with Crippen LogP contribution in [0.3, 0.4) is 0 Å². The highest BCUT2D eigenvalue weighted by Gasteiger charge is 1.99. The average molecular weight is 163 g/mol. The van der Waals surface area contributed by atoms with E-state index in [0.717, 1.165) is 19.3 Å². The van der Waals surface area contributed by atoms with Crippen LogP contribution in [0.2, 0.25) is 0 Å². The molecule has 0 aliphatic carbocycles. The van der Waals surface area contributed by atoms with Gasteiger partial charge in [-0.3, -0.25) is 4.98 Å². The van der Waals surface area contributed by atoms with Crippen LogP contribution < -0.4 is 0 Å². The van der Waals surface area contributed by atoms with Gasteiger partial charge in [-0.05, 0) is 36.5 Å². The maximum atomic E-state index is 4.38. The lowest BCUT2D eigenvalue weighted by Crippen LogP contribution is -1.96. The van der Waals surface area contributed by atoms with E-state index in [1.165, 1.54) is 16.8 Å². The summed E-state index contributed by atoms with van der Waals surface area (Å²) in [7, 11) is 0. The summed E-state index contributed by atoms with van der Waals surface area (Å²) in [5.41, 5.74) is 4.07. The van der Waals surface area contributed by atoms with Gasteiger partial charge < -0.3 is 0 Å². The van der Waals surface area contributed by atoms with Crippen molar-refractivity contribution in [2.24, 2.45) is 0 Å². The molecule has 0 atom stereocenters. The lowest BCUT2D eigenvalue weighted by atomic mass is 10.0. The Morgan fingerprint density at radius 1 is 1.00 bits per heavy atom. The maximum absolute atomic E-state index is 4.38. The number of aromatic nitrogens is 1. The van der Waals surface area contributed by atoms with Gasteiger partial charge in [-0.2, -0.15) is 0 Å². The van der Waals surface area contributed by atoms with Crippen LogP contribution in [0.25, 0.3) is 0 Å².